The van der Waals surface area contributed by atoms with Gasteiger partial charge in [0.2, 0.25) is 15.2 Å². The number of sulfonamides is 1. The number of ether oxygens (including phenoxy) is 1. The predicted octanol–water partition coefficient (Wildman–Crippen LogP) is 5.44. The Morgan fingerprint density at radius 2 is 2.05 bits per heavy atom. The van der Waals surface area contributed by atoms with E-state index in [2.05, 4.69) is 26.8 Å². The smallest absolute Gasteiger partial charge is 0.404 e. The summed E-state index contributed by atoms with van der Waals surface area (Å²) in [5.41, 5.74) is 1.35. The number of esters is 1. The summed E-state index contributed by atoms with van der Waals surface area (Å²) in [4.78, 5) is 14.1. The van der Waals surface area contributed by atoms with Gasteiger partial charge in [0.05, 0.1) is 16.7 Å². The van der Waals surface area contributed by atoms with E-state index in [0.717, 1.165) is 24.8 Å². The van der Waals surface area contributed by atoms with Gasteiger partial charge in [-0.15, -0.1) is 10.2 Å². The molecule has 2 rings (SSSR count). The summed E-state index contributed by atoms with van der Waals surface area (Å²) >= 11 is 0.679. The highest BCUT2D eigenvalue weighted by Crippen LogP contribution is 2.40. The summed E-state index contributed by atoms with van der Waals surface area (Å²) < 4.78 is 70.4. The average Bonchev–Trinajstić information content (AvgIpc) is 2.78. The van der Waals surface area contributed by atoms with Crippen LogP contribution < -0.4 is 15.5 Å². The van der Waals surface area contributed by atoms with Crippen LogP contribution >= 0.6 is 11.8 Å². The lowest BCUT2D eigenvalue weighted by Gasteiger charge is -2.37. The van der Waals surface area contributed by atoms with Crippen molar-refractivity contribution in [3.8, 4) is 0 Å². The lowest BCUT2D eigenvalue weighted by molar-refractivity contribution is -0.141. The van der Waals surface area contributed by atoms with Gasteiger partial charge in [-0.05, 0) is 69.5 Å². The Morgan fingerprint density at radius 1 is 1.37 bits per heavy atom. The molecule has 0 fully saturated rings. The number of carbonyl (C=O) groups excluding carboxylic acids is 1. The van der Waals surface area contributed by atoms with Crippen molar-refractivity contribution in [2.75, 3.05) is 21.9 Å². The van der Waals surface area contributed by atoms with E-state index in [4.69, 9.17) is 10.6 Å². The number of alkyl halides is 3. The van der Waals surface area contributed by atoms with Crippen molar-refractivity contribution in [3.05, 3.63) is 29.2 Å². The number of hydrogen-bond donors (Lipinski definition) is 2. The number of thioether (sulfide) groups is 1. The minimum absolute atomic E-state index is 0.0309. The molecular formula is C23H33F3N6O4S2. The molecule has 3 N–H and O–H groups in total. The summed E-state index contributed by atoms with van der Waals surface area (Å²) in [5, 5.41) is 11.2. The molecule has 0 spiro atoms. The summed E-state index contributed by atoms with van der Waals surface area (Å²) in [6.07, 6.45) is -2.02. The van der Waals surface area contributed by atoms with Gasteiger partial charge in [0.15, 0.2) is 5.75 Å². The molecule has 38 heavy (non-hydrogen) atoms. The fourth-order valence-corrected chi connectivity index (χ4v) is 5.19. The van der Waals surface area contributed by atoms with Crippen LogP contribution in [-0.2, 0) is 26.0 Å². The maximum absolute atomic E-state index is 12.9. The molecular weight excluding hydrogens is 545 g/mol. The number of benzene rings is 1. The molecule has 1 heterocycles. The number of hydrogen-bond acceptors (Lipinski definition) is 9. The first-order valence-corrected chi connectivity index (χ1v) is 14.4. The van der Waals surface area contributed by atoms with E-state index in [1.54, 1.807) is 19.9 Å². The van der Waals surface area contributed by atoms with Crippen LogP contribution in [0.5, 0.6) is 0 Å². The van der Waals surface area contributed by atoms with Crippen molar-refractivity contribution in [2.45, 2.75) is 71.7 Å². The third-order valence-corrected chi connectivity index (χ3v) is 7.40. The number of azo groups is 1. The number of amidine groups is 1. The standard InChI is InChI=1S/C23H33F3N6O4S2/c1-6-7-10-32-15(4)8-9-17-11-18(19(12-20(17)32)31-38(34,35)13-23(24,25)26)29-30-22(28-27)37-16(5)21(33)36-14(2)3/h11-12,14-15,31H,5-10,13,27H2,1-4H3/b28-22-,30-29?. The number of halogens is 3. The second-order valence-corrected chi connectivity index (χ2v) is 11.8. The fourth-order valence-electron chi connectivity index (χ4n) is 3.70. The van der Waals surface area contributed by atoms with Gasteiger partial charge in [-0.2, -0.15) is 18.3 Å². The zero-order valence-electron chi connectivity index (χ0n) is 21.7. The van der Waals surface area contributed by atoms with Crippen molar-refractivity contribution in [3.63, 3.8) is 0 Å². The molecule has 0 saturated heterocycles. The Bertz CT molecular complexity index is 1190. The fraction of sp³-hybridized carbons (Fsp3) is 0.565. The van der Waals surface area contributed by atoms with Crippen molar-refractivity contribution in [2.24, 2.45) is 21.2 Å². The highest BCUT2D eigenvalue weighted by Gasteiger charge is 2.36. The van der Waals surface area contributed by atoms with Gasteiger partial charge in [-0.1, -0.05) is 19.9 Å². The number of rotatable bonds is 10. The molecule has 1 unspecified atom stereocenters. The number of fused-ring (bicyclic) bond motifs is 1. The number of aryl methyl sites for hydroxylation is 1. The van der Waals surface area contributed by atoms with Crippen LogP contribution in [0, 0.1) is 0 Å². The quantitative estimate of drug-likeness (QED) is 0.0716. The highest BCUT2D eigenvalue weighted by atomic mass is 32.2. The molecule has 0 amide bonds. The maximum Gasteiger partial charge on any atom is 0.404 e. The van der Waals surface area contributed by atoms with E-state index in [0.29, 0.717) is 30.4 Å². The molecule has 0 saturated carbocycles. The van der Waals surface area contributed by atoms with Crippen LogP contribution in [0.2, 0.25) is 0 Å². The lowest BCUT2D eigenvalue weighted by Crippen LogP contribution is -2.38. The molecule has 0 aliphatic carbocycles. The molecule has 1 aromatic rings. The molecule has 1 aromatic carbocycles. The summed E-state index contributed by atoms with van der Waals surface area (Å²) in [6, 6.07) is 3.22. The summed E-state index contributed by atoms with van der Waals surface area (Å²) in [5.74, 6) is 2.59. The third kappa shape index (κ3) is 9.49. The molecule has 10 nitrogen and oxygen atoms in total. The van der Waals surface area contributed by atoms with Crippen LogP contribution in [0.15, 0.2) is 38.9 Å². The van der Waals surface area contributed by atoms with Gasteiger partial charge < -0.3 is 15.5 Å². The van der Waals surface area contributed by atoms with Crippen molar-refractivity contribution in [1.82, 2.24) is 0 Å². The Kier molecular flexibility index (Phi) is 11.0. The minimum Gasteiger partial charge on any atom is -0.459 e. The van der Waals surface area contributed by atoms with E-state index < -0.39 is 27.9 Å². The Labute approximate surface area is 225 Å². The largest absolute Gasteiger partial charge is 0.459 e. The van der Waals surface area contributed by atoms with Gasteiger partial charge in [-0.25, -0.2) is 13.2 Å². The van der Waals surface area contributed by atoms with Crippen molar-refractivity contribution in [1.29, 1.82) is 0 Å². The number of nitrogens with one attached hydrogen (secondary N) is 1. The number of nitrogens with zero attached hydrogens (tertiary/aromatic N) is 4. The Hall–Kier alpha value is -2.81. The average molecular weight is 579 g/mol. The van der Waals surface area contributed by atoms with Crippen LogP contribution in [-0.4, -0.2) is 50.2 Å². The van der Waals surface area contributed by atoms with Crippen molar-refractivity contribution >= 4 is 50.0 Å². The number of carbonyl (C=O) groups is 1. The van der Waals surface area contributed by atoms with Gasteiger partial charge in [0.1, 0.15) is 5.69 Å². The van der Waals surface area contributed by atoms with Crippen LogP contribution in [0.25, 0.3) is 0 Å². The Morgan fingerprint density at radius 3 is 2.63 bits per heavy atom. The first-order chi connectivity index (χ1) is 17.7. The first kappa shape index (κ1) is 31.4. The minimum atomic E-state index is -4.94. The lowest BCUT2D eigenvalue weighted by atomic mass is 9.95. The summed E-state index contributed by atoms with van der Waals surface area (Å²) in [6.45, 7) is 11.7. The molecule has 212 valence electrons. The molecule has 1 atom stereocenters. The molecule has 15 heteroatoms. The van der Waals surface area contributed by atoms with Crippen LogP contribution in [0.4, 0.5) is 30.2 Å². The predicted molar refractivity (Wildman–Crippen MR) is 144 cm³/mol. The second kappa shape index (κ2) is 13.3. The van der Waals surface area contributed by atoms with E-state index in [1.165, 1.54) is 6.07 Å². The molecule has 1 aliphatic rings. The normalized spacial score (nSPS) is 16.6. The number of anilines is 2. The molecule has 0 radical (unpaired) electrons. The summed E-state index contributed by atoms with van der Waals surface area (Å²) in [7, 11) is -4.81. The van der Waals surface area contributed by atoms with E-state index in [9.17, 15) is 26.4 Å². The number of nitrogens with two attached hydrogens (primary N) is 1. The first-order valence-electron chi connectivity index (χ1n) is 11.9. The van der Waals surface area contributed by atoms with Gasteiger partial charge in [0, 0.05) is 18.3 Å². The SMILES string of the molecule is C=C(S/C(N=Nc1cc2c(cc1NS(=O)(=O)CC(F)(F)F)N(CCCC)C(C)CC2)=N\N)C(=O)OC(C)C. The monoisotopic (exact) mass is 578 g/mol. The molecule has 1 aliphatic heterocycles. The second-order valence-electron chi connectivity index (χ2n) is 9.00. The van der Waals surface area contributed by atoms with Gasteiger partial charge in [-0.3, -0.25) is 4.72 Å². The van der Waals surface area contributed by atoms with E-state index >= 15 is 0 Å². The number of hydrazone groups is 1. The van der Waals surface area contributed by atoms with Crippen LogP contribution in [0.1, 0.15) is 52.5 Å². The van der Waals surface area contributed by atoms with E-state index in [1.807, 2.05) is 18.6 Å². The zero-order chi connectivity index (χ0) is 28.7. The molecule has 0 aromatic heterocycles. The Balaban J connectivity index is 2.47. The highest BCUT2D eigenvalue weighted by molar-refractivity contribution is 8.17. The number of unbranched alkanes of at least 4 members (excludes halogenated alkanes) is 1. The van der Waals surface area contributed by atoms with Crippen molar-refractivity contribution < 1.29 is 31.1 Å². The van der Waals surface area contributed by atoms with Gasteiger partial charge in [0.25, 0.3) is 0 Å². The molecule has 0 bridgehead atoms. The maximum atomic E-state index is 12.9. The third-order valence-electron chi connectivity index (χ3n) is 5.38. The van der Waals surface area contributed by atoms with Crippen LogP contribution in [0.3, 0.4) is 0 Å². The zero-order valence-corrected chi connectivity index (χ0v) is 23.3. The van der Waals surface area contributed by atoms with E-state index in [-0.39, 0.29) is 33.6 Å². The topological polar surface area (TPSA) is 139 Å². The van der Waals surface area contributed by atoms with Gasteiger partial charge >= 0.3 is 12.1 Å².